The molecule has 0 spiro atoms. The van der Waals surface area contributed by atoms with Crippen molar-refractivity contribution in [1.82, 2.24) is 5.16 Å². The highest BCUT2D eigenvalue weighted by Crippen LogP contribution is 2.56. The minimum atomic E-state index is -0.956. The zero-order valence-corrected chi connectivity index (χ0v) is 12.5. The van der Waals surface area contributed by atoms with Gasteiger partial charge in [0, 0.05) is 17.4 Å². The second-order valence-corrected chi connectivity index (χ2v) is 6.18. The van der Waals surface area contributed by atoms with Crippen LogP contribution in [0.2, 0.25) is 0 Å². The number of nitrogens with zero attached hydrogens (tertiary/aromatic N) is 2. The SMILES string of the molecule is CC1=C(C(=O)O)[C@@]2(C)/C(=N/O)c3c(C)noc3C[C@H]2[C@@H]1C. The third-order valence-electron chi connectivity index (χ3n) is 5.32. The summed E-state index contributed by atoms with van der Waals surface area (Å²) < 4.78 is 5.34. The van der Waals surface area contributed by atoms with Crippen LogP contribution >= 0.6 is 0 Å². The van der Waals surface area contributed by atoms with Crippen LogP contribution in [0.3, 0.4) is 0 Å². The van der Waals surface area contributed by atoms with E-state index < -0.39 is 11.4 Å². The van der Waals surface area contributed by atoms with Crippen molar-refractivity contribution in [3.8, 4) is 0 Å². The monoisotopic (exact) mass is 290 g/mol. The molecule has 112 valence electrons. The van der Waals surface area contributed by atoms with Crippen molar-refractivity contribution in [2.24, 2.45) is 22.4 Å². The average Bonchev–Trinajstić information content (AvgIpc) is 2.86. The molecule has 0 amide bonds. The lowest BCUT2D eigenvalue weighted by Gasteiger charge is -2.38. The van der Waals surface area contributed by atoms with Gasteiger partial charge in [-0.15, -0.1) is 0 Å². The molecule has 21 heavy (non-hydrogen) atoms. The molecule has 0 aromatic carbocycles. The van der Waals surface area contributed by atoms with Gasteiger partial charge in [-0.2, -0.15) is 0 Å². The first-order valence-corrected chi connectivity index (χ1v) is 6.96. The first kappa shape index (κ1) is 13.9. The number of aliphatic carboxylic acids is 1. The molecule has 2 N–H and O–H groups in total. The van der Waals surface area contributed by atoms with Gasteiger partial charge >= 0.3 is 5.97 Å². The van der Waals surface area contributed by atoms with Gasteiger partial charge in [-0.05, 0) is 32.6 Å². The number of hydrogen-bond acceptors (Lipinski definition) is 5. The number of fused-ring (bicyclic) bond motifs is 2. The fraction of sp³-hybridized carbons (Fsp3) is 0.533. The molecule has 0 bridgehead atoms. The molecule has 1 aromatic heterocycles. The Balaban J connectivity index is 2.31. The number of carboxylic acids is 1. The van der Waals surface area contributed by atoms with E-state index in [1.807, 2.05) is 20.8 Å². The van der Waals surface area contributed by atoms with Crippen molar-refractivity contribution < 1.29 is 19.6 Å². The largest absolute Gasteiger partial charge is 0.478 e. The van der Waals surface area contributed by atoms with Crippen molar-refractivity contribution in [1.29, 1.82) is 0 Å². The minimum absolute atomic E-state index is 0.00523. The molecule has 0 radical (unpaired) electrons. The van der Waals surface area contributed by atoms with Gasteiger partial charge in [0.15, 0.2) is 0 Å². The fourth-order valence-electron chi connectivity index (χ4n) is 4.16. The highest BCUT2D eigenvalue weighted by atomic mass is 16.5. The zero-order valence-electron chi connectivity index (χ0n) is 12.5. The number of carbonyl (C=O) groups is 1. The van der Waals surface area contributed by atoms with Gasteiger partial charge in [0.1, 0.15) is 11.5 Å². The van der Waals surface area contributed by atoms with Crippen molar-refractivity contribution in [3.05, 3.63) is 28.2 Å². The van der Waals surface area contributed by atoms with Gasteiger partial charge in [-0.1, -0.05) is 22.8 Å². The summed E-state index contributed by atoms with van der Waals surface area (Å²) in [5.41, 5.74) is 1.98. The standard InChI is InChI=1S/C15H18N2O4/c1-6-7(2)12(14(18)19)15(4)9(6)5-10-11(13(15)16-20)8(3)17-21-10/h6,9,20H,5H2,1-4H3,(H,18,19)/b16-13+/t6-,9+,15+/m1/s1. The van der Waals surface area contributed by atoms with Crippen molar-refractivity contribution >= 4 is 11.7 Å². The first-order valence-electron chi connectivity index (χ1n) is 6.96. The maximum absolute atomic E-state index is 11.8. The van der Waals surface area contributed by atoms with Crippen LogP contribution in [0.1, 0.15) is 37.8 Å². The Labute approximate surface area is 122 Å². The first-order chi connectivity index (χ1) is 9.83. The molecule has 1 heterocycles. The molecule has 0 saturated heterocycles. The number of carboxylic acid groups (broad SMARTS) is 1. The van der Waals surface area contributed by atoms with Gasteiger partial charge in [-0.3, -0.25) is 0 Å². The Morgan fingerprint density at radius 2 is 2.14 bits per heavy atom. The third-order valence-corrected chi connectivity index (χ3v) is 5.32. The number of aryl methyl sites for hydroxylation is 1. The quantitative estimate of drug-likeness (QED) is 0.611. The molecule has 6 nitrogen and oxygen atoms in total. The molecule has 0 aliphatic heterocycles. The maximum Gasteiger partial charge on any atom is 0.332 e. The topological polar surface area (TPSA) is 95.9 Å². The van der Waals surface area contributed by atoms with Crippen LogP contribution in [-0.2, 0) is 11.2 Å². The highest BCUT2D eigenvalue weighted by molar-refractivity contribution is 6.13. The van der Waals surface area contributed by atoms with Gasteiger partial charge in [0.25, 0.3) is 0 Å². The lowest BCUT2D eigenvalue weighted by Crippen LogP contribution is -2.43. The van der Waals surface area contributed by atoms with Gasteiger partial charge in [-0.25, -0.2) is 4.79 Å². The van der Waals surface area contributed by atoms with Crippen molar-refractivity contribution in [2.75, 3.05) is 0 Å². The number of allylic oxidation sites excluding steroid dienone is 1. The van der Waals surface area contributed by atoms with E-state index in [0.29, 0.717) is 34.7 Å². The Morgan fingerprint density at radius 1 is 1.48 bits per heavy atom. The minimum Gasteiger partial charge on any atom is -0.478 e. The summed E-state index contributed by atoms with van der Waals surface area (Å²) in [5.74, 6) is -0.206. The Bertz CT molecular complexity index is 701. The molecule has 0 unspecified atom stereocenters. The summed E-state index contributed by atoms with van der Waals surface area (Å²) in [4.78, 5) is 11.8. The summed E-state index contributed by atoms with van der Waals surface area (Å²) in [6.45, 7) is 7.47. The zero-order chi connectivity index (χ0) is 15.5. The summed E-state index contributed by atoms with van der Waals surface area (Å²) in [6, 6.07) is 0. The van der Waals surface area contributed by atoms with E-state index in [1.165, 1.54) is 0 Å². The summed E-state index contributed by atoms with van der Waals surface area (Å²) >= 11 is 0. The third kappa shape index (κ3) is 1.50. The lowest BCUT2D eigenvalue weighted by molar-refractivity contribution is -0.133. The molecule has 0 fully saturated rings. The van der Waals surface area contributed by atoms with E-state index in [-0.39, 0.29) is 11.8 Å². The molecule has 2 aliphatic rings. The van der Waals surface area contributed by atoms with Gasteiger partial charge in [0.2, 0.25) is 0 Å². The number of oxime groups is 1. The average molecular weight is 290 g/mol. The second kappa shape index (κ2) is 4.19. The van der Waals surface area contributed by atoms with E-state index in [2.05, 4.69) is 10.3 Å². The number of hydrogen-bond donors (Lipinski definition) is 2. The summed E-state index contributed by atoms with van der Waals surface area (Å²) in [5, 5.41) is 26.6. The Morgan fingerprint density at radius 3 is 2.71 bits per heavy atom. The second-order valence-electron chi connectivity index (χ2n) is 6.18. The predicted octanol–water partition coefficient (Wildman–Crippen LogP) is 2.39. The molecule has 3 atom stereocenters. The predicted molar refractivity (Wildman–Crippen MR) is 74.4 cm³/mol. The molecule has 1 aromatic rings. The molecule has 6 heteroatoms. The summed E-state index contributed by atoms with van der Waals surface area (Å²) in [6.07, 6.45) is 0.598. The van der Waals surface area contributed by atoms with Crippen LogP contribution in [0, 0.1) is 24.2 Å². The molecular formula is C15H18N2O4. The normalized spacial score (nSPS) is 33.2. The lowest BCUT2D eigenvalue weighted by atomic mass is 9.63. The molecule has 2 aliphatic carbocycles. The maximum atomic E-state index is 11.8. The van der Waals surface area contributed by atoms with E-state index >= 15 is 0 Å². The van der Waals surface area contributed by atoms with E-state index in [9.17, 15) is 15.1 Å². The fourth-order valence-corrected chi connectivity index (χ4v) is 4.16. The Kier molecular flexibility index (Phi) is 2.77. The van der Waals surface area contributed by atoms with Crippen molar-refractivity contribution in [3.63, 3.8) is 0 Å². The van der Waals surface area contributed by atoms with Crippen LogP contribution in [0.15, 0.2) is 20.8 Å². The van der Waals surface area contributed by atoms with Crippen molar-refractivity contribution in [2.45, 2.75) is 34.1 Å². The molecular weight excluding hydrogens is 272 g/mol. The van der Waals surface area contributed by atoms with Crippen LogP contribution < -0.4 is 0 Å². The van der Waals surface area contributed by atoms with E-state index in [4.69, 9.17) is 4.52 Å². The Hall–Kier alpha value is -2.11. The van der Waals surface area contributed by atoms with E-state index in [0.717, 1.165) is 5.57 Å². The van der Waals surface area contributed by atoms with Crippen LogP contribution in [0.25, 0.3) is 0 Å². The number of rotatable bonds is 1. The molecule has 0 saturated carbocycles. The molecule has 3 rings (SSSR count). The van der Waals surface area contributed by atoms with Crippen LogP contribution in [-0.4, -0.2) is 27.2 Å². The summed E-state index contributed by atoms with van der Waals surface area (Å²) in [7, 11) is 0. The smallest absolute Gasteiger partial charge is 0.332 e. The van der Waals surface area contributed by atoms with Crippen LogP contribution in [0.4, 0.5) is 0 Å². The van der Waals surface area contributed by atoms with Gasteiger partial charge < -0.3 is 14.8 Å². The van der Waals surface area contributed by atoms with E-state index in [1.54, 1.807) is 6.92 Å². The van der Waals surface area contributed by atoms with Crippen LogP contribution in [0.5, 0.6) is 0 Å². The number of aromatic nitrogens is 1. The highest BCUT2D eigenvalue weighted by Gasteiger charge is 2.58. The van der Waals surface area contributed by atoms with Gasteiger partial charge in [0.05, 0.1) is 11.3 Å².